The molecule has 0 fully saturated rings. The fourth-order valence-corrected chi connectivity index (χ4v) is 4.48. The van der Waals surface area contributed by atoms with E-state index in [1.807, 2.05) is 47.9 Å². The fraction of sp³-hybridized carbons (Fsp3) is 0.0800. The number of nitrogens with zero attached hydrogens (tertiary/aromatic N) is 4. The van der Waals surface area contributed by atoms with Gasteiger partial charge in [-0.3, -0.25) is 4.72 Å². The third kappa shape index (κ3) is 5.12. The van der Waals surface area contributed by atoms with Crippen molar-refractivity contribution in [3.8, 4) is 23.0 Å². The molecule has 0 radical (unpaired) electrons. The second kappa shape index (κ2) is 9.15. The highest BCUT2D eigenvalue weighted by Crippen LogP contribution is 2.22. The predicted octanol–water partition coefficient (Wildman–Crippen LogP) is 4.90. The Morgan fingerprint density at radius 1 is 0.971 bits per heavy atom. The molecule has 8 nitrogen and oxygen atoms in total. The Balaban J connectivity index is 1.25. The van der Waals surface area contributed by atoms with Gasteiger partial charge in [0.05, 0.1) is 11.2 Å². The average molecular weight is 490 g/mol. The second-order valence-corrected chi connectivity index (χ2v) is 9.66. The molecule has 0 aliphatic rings. The van der Waals surface area contributed by atoms with Crippen LogP contribution in [-0.4, -0.2) is 28.1 Å². The van der Waals surface area contributed by atoms with Crippen molar-refractivity contribution in [3.63, 3.8) is 0 Å². The maximum Gasteiger partial charge on any atom is 0.278 e. The first-order chi connectivity index (χ1) is 16.9. The van der Waals surface area contributed by atoms with Crippen molar-refractivity contribution in [2.24, 2.45) is 0 Å². The van der Waals surface area contributed by atoms with E-state index in [-0.39, 0.29) is 4.90 Å². The Bertz CT molecular complexity index is 1560. The van der Waals surface area contributed by atoms with Crippen LogP contribution in [0.4, 0.5) is 10.1 Å². The van der Waals surface area contributed by atoms with Gasteiger partial charge >= 0.3 is 0 Å². The summed E-state index contributed by atoms with van der Waals surface area (Å²) in [5, 5.41) is 4.04. The van der Waals surface area contributed by atoms with E-state index in [0.29, 0.717) is 29.6 Å². The first-order valence-electron chi connectivity index (χ1n) is 10.7. The minimum Gasteiger partial charge on any atom is -0.332 e. The molecule has 3 aromatic carbocycles. The summed E-state index contributed by atoms with van der Waals surface area (Å²) in [5.41, 5.74) is 3.90. The van der Waals surface area contributed by atoms with Crippen molar-refractivity contribution in [1.82, 2.24) is 19.7 Å². The minimum absolute atomic E-state index is 0.0134. The van der Waals surface area contributed by atoms with Gasteiger partial charge in [-0.1, -0.05) is 47.1 Å². The van der Waals surface area contributed by atoms with Crippen molar-refractivity contribution in [2.75, 3.05) is 4.72 Å². The zero-order chi connectivity index (χ0) is 24.4. The van der Waals surface area contributed by atoms with Crippen LogP contribution in [0, 0.1) is 12.7 Å². The van der Waals surface area contributed by atoms with Crippen LogP contribution in [0.3, 0.4) is 0 Å². The number of hydrogen-bond donors (Lipinski definition) is 1. The number of aromatic nitrogens is 4. The van der Waals surface area contributed by atoms with Crippen LogP contribution in [-0.2, 0) is 16.6 Å². The van der Waals surface area contributed by atoms with Gasteiger partial charge < -0.3 is 9.09 Å². The largest absolute Gasteiger partial charge is 0.332 e. The van der Waals surface area contributed by atoms with Crippen molar-refractivity contribution in [1.29, 1.82) is 0 Å². The lowest BCUT2D eigenvalue weighted by Gasteiger charge is -2.09. The normalized spacial score (nSPS) is 11.5. The SMILES string of the molecule is Cc1ccc(-c2noc(-c3cn(Cc4ccc(NS(=O)(=O)c5ccc(F)cc5)cc4)cn3)n2)cc1. The van der Waals surface area contributed by atoms with Gasteiger partial charge in [-0.2, -0.15) is 4.98 Å². The smallest absolute Gasteiger partial charge is 0.278 e. The van der Waals surface area contributed by atoms with E-state index in [4.69, 9.17) is 4.52 Å². The van der Waals surface area contributed by atoms with Crippen LogP contribution in [0.25, 0.3) is 23.0 Å². The van der Waals surface area contributed by atoms with Crippen molar-refractivity contribution in [3.05, 3.63) is 102 Å². The molecule has 10 heteroatoms. The molecule has 35 heavy (non-hydrogen) atoms. The van der Waals surface area contributed by atoms with Crippen molar-refractivity contribution >= 4 is 15.7 Å². The first-order valence-corrected chi connectivity index (χ1v) is 12.1. The third-order valence-electron chi connectivity index (χ3n) is 5.28. The van der Waals surface area contributed by atoms with Gasteiger partial charge in [0.25, 0.3) is 15.9 Å². The molecule has 0 bridgehead atoms. The highest BCUT2D eigenvalue weighted by molar-refractivity contribution is 7.92. The highest BCUT2D eigenvalue weighted by atomic mass is 32.2. The van der Waals surface area contributed by atoms with Gasteiger partial charge in [-0.15, -0.1) is 0 Å². The number of anilines is 1. The molecule has 5 rings (SSSR count). The van der Waals surface area contributed by atoms with Crippen LogP contribution in [0.15, 0.2) is 94.7 Å². The summed E-state index contributed by atoms with van der Waals surface area (Å²) in [5.74, 6) is 0.319. The molecule has 0 amide bonds. The number of hydrogen-bond acceptors (Lipinski definition) is 6. The number of nitrogens with one attached hydrogen (secondary N) is 1. The van der Waals surface area contributed by atoms with Crippen LogP contribution < -0.4 is 4.72 Å². The Morgan fingerprint density at radius 3 is 2.40 bits per heavy atom. The number of halogens is 1. The quantitative estimate of drug-likeness (QED) is 0.349. The van der Waals surface area contributed by atoms with Gasteiger partial charge in [0, 0.05) is 24.0 Å². The minimum atomic E-state index is -3.80. The van der Waals surface area contributed by atoms with E-state index in [1.54, 1.807) is 24.7 Å². The van der Waals surface area contributed by atoms with E-state index in [2.05, 4.69) is 19.8 Å². The maximum absolute atomic E-state index is 13.1. The lowest BCUT2D eigenvalue weighted by atomic mass is 10.1. The van der Waals surface area contributed by atoms with E-state index < -0.39 is 15.8 Å². The molecule has 0 spiro atoms. The molecule has 0 unspecified atom stereocenters. The Hall–Kier alpha value is -4.31. The lowest BCUT2D eigenvalue weighted by molar-refractivity contribution is 0.431. The Morgan fingerprint density at radius 2 is 1.69 bits per heavy atom. The summed E-state index contributed by atoms with van der Waals surface area (Å²) in [6.45, 7) is 2.52. The lowest BCUT2D eigenvalue weighted by Crippen LogP contribution is -2.13. The number of benzene rings is 3. The number of sulfonamides is 1. The molecule has 1 N–H and O–H groups in total. The van der Waals surface area contributed by atoms with Crippen LogP contribution in [0.5, 0.6) is 0 Å². The van der Waals surface area contributed by atoms with Gasteiger partial charge in [-0.05, 0) is 48.9 Å². The molecule has 2 aromatic heterocycles. The van der Waals surface area contributed by atoms with E-state index in [0.717, 1.165) is 28.8 Å². The van der Waals surface area contributed by atoms with E-state index >= 15 is 0 Å². The molecule has 0 aliphatic carbocycles. The van der Waals surface area contributed by atoms with Crippen LogP contribution in [0.1, 0.15) is 11.1 Å². The summed E-state index contributed by atoms with van der Waals surface area (Å²) in [6, 6.07) is 19.4. The zero-order valence-electron chi connectivity index (χ0n) is 18.6. The van der Waals surface area contributed by atoms with Gasteiger partial charge in [-0.25, -0.2) is 17.8 Å². The molecule has 176 valence electrons. The van der Waals surface area contributed by atoms with E-state index in [1.165, 1.54) is 12.1 Å². The summed E-state index contributed by atoms with van der Waals surface area (Å²) in [7, 11) is -3.80. The van der Waals surface area contributed by atoms with Crippen molar-refractivity contribution < 1.29 is 17.3 Å². The van der Waals surface area contributed by atoms with E-state index in [9.17, 15) is 12.8 Å². The predicted molar refractivity (Wildman–Crippen MR) is 128 cm³/mol. The highest BCUT2D eigenvalue weighted by Gasteiger charge is 2.15. The molecule has 5 aromatic rings. The van der Waals surface area contributed by atoms with Crippen LogP contribution in [0.2, 0.25) is 0 Å². The molecule has 0 saturated carbocycles. The number of rotatable bonds is 7. The third-order valence-corrected chi connectivity index (χ3v) is 6.68. The molecular formula is C25H20FN5O3S. The standard InChI is InChI=1S/C25H20FN5O3S/c1-17-2-6-19(7-3-17)24-28-25(34-29-24)23-15-31(16-27-23)14-18-4-10-21(11-5-18)30-35(32,33)22-12-8-20(26)9-13-22/h2-13,15-16,30H,14H2,1H3. The Labute approximate surface area is 201 Å². The fourth-order valence-electron chi connectivity index (χ4n) is 3.42. The van der Waals surface area contributed by atoms with Crippen molar-refractivity contribution in [2.45, 2.75) is 18.4 Å². The zero-order valence-corrected chi connectivity index (χ0v) is 19.4. The monoisotopic (exact) mass is 489 g/mol. The molecule has 0 aliphatic heterocycles. The summed E-state index contributed by atoms with van der Waals surface area (Å²) >= 11 is 0. The second-order valence-electron chi connectivity index (χ2n) is 7.98. The summed E-state index contributed by atoms with van der Waals surface area (Å²) < 4.78 is 47.7. The van der Waals surface area contributed by atoms with Gasteiger partial charge in [0.15, 0.2) is 0 Å². The topological polar surface area (TPSA) is 103 Å². The van der Waals surface area contributed by atoms with Gasteiger partial charge in [0.1, 0.15) is 11.5 Å². The Kier molecular flexibility index (Phi) is 5.87. The number of imidazole rings is 1. The van der Waals surface area contributed by atoms with Crippen LogP contribution >= 0.6 is 0 Å². The molecular weight excluding hydrogens is 469 g/mol. The number of aryl methyl sites for hydroxylation is 1. The first kappa shape index (κ1) is 22.5. The summed E-state index contributed by atoms with van der Waals surface area (Å²) in [6.07, 6.45) is 3.47. The maximum atomic E-state index is 13.1. The molecule has 0 saturated heterocycles. The average Bonchev–Trinajstić information content (AvgIpc) is 3.51. The molecule has 2 heterocycles. The molecule has 0 atom stereocenters. The van der Waals surface area contributed by atoms with Gasteiger partial charge in [0.2, 0.25) is 5.82 Å². The summed E-state index contributed by atoms with van der Waals surface area (Å²) in [4.78, 5) is 8.78.